The molecule has 0 unspecified atom stereocenters. The van der Waals surface area contributed by atoms with E-state index in [9.17, 15) is 21.6 Å². The van der Waals surface area contributed by atoms with E-state index in [0.29, 0.717) is 16.5 Å². The van der Waals surface area contributed by atoms with Crippen LogP contribution in [0.2, 0.25) is 5.02 Å². The van der Waals surface area contributed by atoms with E-state index in [4.69, 9.17) is 16.3 Å². The Morgan fingerprint density at radius 2 is 1.81 bits per heavy atom. The topological polar surface area (TPSA) is 52.6 Å². The summed E-state index contributed by atoms with van der Waals surface area (Å²) in [5.41, 5.74) is -5.52. The van der Waals surface area contributed by atoms with Crippen LogP contribution in [-0.2, 0) is 10.1 Å². The van der Waals surface area contributed by atoms with Crippen molar-refractivity contribution in [2.45, 2.75) is 5.51 Å². The van der Waals surface area contributed by atoms with Crippen molar-refractivity contribution in [2.75, 3.05) is 7.11 Å². The van der Waals surface area contributed by atoms with Gasteiger partial charge in [-0.2, -0.15) is 21.6 Å². The first-order valence-corrected chi connectivity index (χ1v) is 7.21. The fourth-order valence-electron chi connectivity index (χ4n) is 1.61. The first-order valence-electron chi connectivity index (χ1n) is 5.43. The number of alkyl halides is 3. The third-order valence-corrected chi connectivity index (χ3v) is 3.96. The highest BCUT2D eigenvalue weighted by molar-refractivity contribution is 7.88. The van der Waals surface area contributed by atoms with Gasteiger partial charge in [-0.25, -0.2) is 0 Å². The van der Waals surface area contributed by atoms with Crippen molar-refractivity contribution in [3.05, 3.63) is 35.4 Å². The SMILES string of the molecule is COc1ccc2c(Cl)c(OS(=O)(=O)C(F)(F)F)ccc2c1. The maximum Gasteiger partial charge on any atom is 0.534 e. The van der Waals surface area contributed by atoms with Crippen molar-refractivity contribution >= 4 is 32.5 Å². The third-order valence-electron chi connectivity index (χ3n) is 2.61. The zero-order valence-corrected chi connectivity index (χ0v) is 12.0. The van der Waals surface area contributed by atoms with E-state index in [1.807, 2.05) is 0 Å². The third kappa shape index (κ3) is 3.01. The van der Waals surface area contributed by atoms with E-state index in [1.165, 1.54) is 25.3 Å². The minimum Gasteiger partial charge on any atom is -0.497 e. The molecule has 21 heavy (non-hydrogen) atoms. The van der Waals surface area contributed by atoms with Gasteiger partial charge in [0.25, 0.3) is 0 Å². The van der Waals surface area contributed by atoms with Gasteiger partial charge in [0.15, 0.2) is 5.75 Å². The normalized spacial score (nSPS) is 12.4. The van der Waals surface area contributed by atoms with Crippen LogP contribution in [0.25, 0.3) is 10.8 Å². The number of rotatable bonds is 3. The van der Waals surface area contributed by atoms with E-state index in [0.717, 1.165) is 6.07 Å². The van der Waals surface area contributed by atoms with Crippen LogP contribution in [0, 0.1) is 0 Å². The smallest absolute Gasteiger partial charge is 0.497 e. The molecule has 0 fully saturated rings. The van der Waals surface area contributed by atoms with E-state index in [2.05, 4.69) is 4.18 Å². The quantitative estimate of drug-likeness (QED) is 0.631. The molecule has 0 radical (unpaired) electrons. The fourth-order valence-corrected chi connectivity index (χ4v) is 2.40. The largest absolute Gasteiger partial charge is 0.534 e. The maximum atomic E-state index is 12.3. The molecule has 0 saturated carbocycles. The summed E-state index contributed by atoms with van der Waals surface area (Å²) in [7, 11) is -4.31. The number of ether oxygens (including phenoxy) is 1. The van der Waals surface area contributed by atoms with Crippen LogP contribution in [0.5, 0.6) is 11.5 Å². The molecule has 9 heteroatoms. The molecule has 2 aromatic carbocycles. The monoisotopic (exact) mass is 340 g/mol. The molecular weight excluding hydrogens is 333 g/mol. The molecular formula is C12H8ClF3O4S. The summed E-state index contributed by atoms with van der Waals surface area (Å²) in [5, 5.41) is 0.673. The number of methoxy groups -OCH3 is 1. The number of fused-ring (bicyclic) bond motifs is 1. The molecule has 0 atom stereocenters. The molecule has 0 spiro atoms. The van der Waals surface area contributed by atoms with Crippen LogP contribution in [0.4, 0.5) is 13.2 Å². The van der Waals surface area contributed by atoms with Crippen LogP contribution in [0.3, 0.4) is 0 Å². The first kappa shape index (κ1) is 15.7. The van der Waals surface area contributed by atoms with Crippen LogP contribution in [-0.4, -0.2) is 21.0 Å². The van der Waals surface area contributed by atoms with Crippen molar-refractivity contribution in [3.63, 3.8) is 0 Å². The number of hydrogen-bond acceptors (Lipinski definition) is 4. The highest BCUT2D eigenvalue weighted by Crippen LogP contribution is 2.37. The summed E-state index contributed by atoms with van der Waals surface area (Å²) in [5.74, 6) is -0.0678. The first-order chi connectivity index (χ1) is 9.65. The van der Waals surface area contributed by atoms with Crippen molar-refractivity contribution in [1.29, 1.82) is 0 Å². The Morgan fingerprint density at radius 1 is 1.14 bits per heavy atom. The zero-order valence-electron chi connectivity index (χ0n) is 10.4. The number of benzene rings is 2. The van der Waals surface area contributed by atoms with Crippen molar-refractivity contribution in [1.82, 2.24) is 0 Å². The van der Waals surface area contributed by atoms with E-state index in [1.54, 1.807) is 6.07 Å². The fraction of sp³-hybridized carbons (Fsp3) is 0.167. The standard InChI is InChI=1S/C12H8ClF3O4S/c1-19-8-3-4-9-7(6-8)2-5-10(11(9)13)20-21(17,18)12(14,15)16/h2-6H,1H3. The van der Waals surface area contributed by atoms with Crippen molar-refractivity contribution in [2.24, 2.45) is 0 Å². The molecule has 2 rings (SSSR count). The summed E-state index contributed by atoms with van der Waals surface area (Å²) in [6.45, 7) is 0. The van der Waals surface area contributed by atoms with E-state index >= 15 is 0 Å². The Balaban J connectivity index is 2.51. The lowest BCUT2D eigenvalue weighted by Gasteiger charge is -2.12. The highest BCUT2D eigenvalue weighted by Gasteiger charge is 2.48. The molecule has 4 nitrogen and oxygen atoms in total. The van der Waals surface area contributed by atoms with Gasteiger partial charge < -0.3 is 8.92 Å². The molecule has 0 N–H and O–H groups in total. The van der Waals surface area contributed by atoms with Crippen LogP contribution >= 0.6 is 11.6 Å². The average molecular weight is 341 g/mol. The second-order valence-corrected chi connectivity index (χ2v) is 5.86. The predicted octanol–water partition coefficient (Wildman–Crippen LogP) is 3.73. The molecule has 2 aromatic rings. The summed E-state index contributed by atoms with van der Waals surface area (Å²) in [4.78, 5) is 0. The van der Waals surface area contributed by atoms with E-state index in [-0.39, 0.29) is 5.02 Å². The predicted molar refractivity (Wildman–Crippen MR) is 71.1 cm³/mol. The summed E-state index contributed by atoms with van der Waals surface area (Å²) < 4.78 is 67.9. The van der Waals surface area contributed by atoms with Gasteiger partial charge in [0.05, 0.1) is 12.1 Å². The second kappa shape index (κ2) is 5.27. The second-order valence-electron chi connectivity index (χ2n) is 3.95. The van der Waals surface area contributed by atoms with Crippen LogP contribution in [0.1, 0.15) is 0 Å². The van der Waals surface area contributed by atoms with Gasteiger partial charge in [-0.15, -0.1) is 0 Å². The van der Waals surface area contributed by atoms with Crippen LogP contribution < -0.4 is 8.92 Å². The van der Waals surface area contributed by atoms with Gasteiger partial charge in [-0.1, -0.05) is 17.7 Å². The van der Waals surface area contributed by atoms with Crippen LogP contribution in [0.15, 0.2) is 30.3 Å². The maximum absolute atomic E-state index is 12.3. The molecule has 114 valence electrons. The molecule has 0 aromatic heterocycles. The van der Waals surface area contributed by atoms with Gasteiger partial charge >= 0.3 is 15.6 Å². The number of hydrogen-bond donors (Lipinski definition) is 0. The molecule has 0 amide bonds. The highest BCUT2D eigenvalue weighted by atomic mass is 35.5. The number of halogens is 4. The molecule has 0 aliphatic carbocycles. The molecule has 0 saturated heterocycles. The lowest BCUT2D eigenvalue weighted by molar-refractivity contribution is -0.0499. The summed E-state index contributed by atoms with van der Waals surface area (Å²) >= 11 is 5.90. The van der Waals surface area contributed by atoms with Crippen molar-refractivity contribution < 1.29 is 30.5 Å². The van der Waals surface area contributed by atoms with Gasteiger partial charge in [-0.05, 0) is 29.7 Å². The van der Waals surface area contributed by atoms with Gasteiger partial charge in [-0.3, -0.25) is 0 Å². The lowest BCUT2D eigenvalue weighted by Crippen LogP contribution is -2.28. The molecule has 0 aliphatic rings. The summed E-state index contributed by atoms with van der Waals surface area (Å²) in [6.07, 6.45) is 0. The van der Waals surface area contributed by atoms with Gasteiger partial charge in [0.1, 0.15) is 5.75 Å². The average Bonchev–Trinajstić information content (AvgIpc) is 2.40. The zero-order chi connectivity index (χ0) is 15.8. The minimum absolute atomic E-state index is 0.233. The minimum atomic E-state index is -5.76. The Morgan fingerprint density at radius 3 is 2.38 bits per heavy atom. The van der Waals surface area contributed by atoms with Crippen molar-refractivity contribution in [3.8, 4) is 11.5 Å². The summed E-state index contributed by atoms with van der Waals surface area (Å²) in [6, 6.07) is 7.06. The molecule has 0 aliphatic heterocycles. The van der Waals surface area contributed by atoms with E-state index < -0.39 is 21.4 Å². The molecule has 0 heterocycles. The van der Waals surface area contributed by atoms with Gasteiger partial charge in [0, 0.05) is 5.39 Å². The lowest BCUT2D eigenvalue weighted by atomic mass is 10.1. The van der Waals surface area contributed by atoms with Gasteiger partial charge in [0.2, 0.25) is 0 Å². The Bertz CT molecular complexity index is 787. The Kier molecular flexibility index (Phi) is 3.94. The Hall–Kier alpha value is -1.67. The Labute approximate surface area is 123 Å². The molecule has 0 bridgehead atoms.